The van der Waals surface area contributed by atoms with Crippen LogP contribution in [-0.4, -0.2) is 55.5 Å². The molecule has 1 heterocycles. The number of piperazine rings is 1. The molecule has 1 atom stereocenters. The van der Waals surface area contributed by atoms with Crippen molar-refractivity contribution in [1.82, 2.24) is 15.1 Å². The molecule has 1 saturated heterocycles. The molecule has 0 saturated carbocycles. The van der Waals surface area contributed by atoms with Crippen molar-refractivity contribution in [1.29, 1.82) is 0 Å². The first-order valence-corrected chi connectivity index (χ1v) is 7.88. The molecule has 0 spiro atoms. The van der Waals surface area contributed by atoms with E-state index in [1.807, 2.05) is 31.0 Å². The summed E-state index contributed by atoms with van der Waals surface area (Å²) in [5, 5.41) is 3.84. The van der Waals surface area contributed by atoms with Crippen LogP contribution in [0.4, 0.5) is 0 Å². The van der Waals surface area contributed by atoms with Crippen LogP contribution in [0.1, 0.15) is 12.5 Å². The SMILES string of the molecule is CNCC(C)C(=O)N1CCN(Cc2ccc(Cl)cc2)CC1.Cl.Cl. The smallest absolute Gasteiger partial charge is 0.226 e. The zero-order chi connectivity index (χ0) is 15.2. The highest BCUT2D eigenvalue weighted by molar-refractivity contribution is 6.30. The van der Waals surface area contributed by atoms with Gasteiger partial charge in [-0.25, -0.2) is 0 Å². The average Bonchev–Trinajstić information content (AvgIpc) is 2.50. The van der Waals surface area contributed by atoms with E-state index in [1.165, 1.54) is 5.56 Å². The van der Waals surface area contributed by atoms with E-state index >= 15 is 0 Å². The Balaban J connectivity index is 0.00000242. The van der Waals surface area contributed by atoms with E-state index in [-0.39, 0.29) is 36.6 Å². The fourth-order valence-corrected chi connectivity index (χ4v) is 2.81. The van der Waals surface area contributed by atoms with Gasteiger partial charge in [0.1, 0.15) is 0 Å². The molecule has 0 aliphatic carbocycles. The predicted molar refractivity (Wildman–Crippen MR) is 101 cm³/mol. The van der Waals surface area contributed by atoms with Crippen LogP contribution in [0.25, 0.3) is 0 Å². The Bertz CT molecular complexity index is 462. The third-order valence-corrected chi connectivity index (χ3v) is 4.19. The van der Waals surface area contributed by atoms with Gasteiger partial charge < -0.3 is 10.2 Å². The number of benzene rings is 1. The maximum Gasteiger partial charge on any atom is 0.226 e. The monoisotopic (exact) mass is 381 g/mol. The van der Waals surface area contributed by atoms with Crippen LogP contribution in [-0.2, 0) is 11.3 Å². The first-order chi connectivity index (χ1) is 10.1. The molecule has 132 valence electrons. The van der Waals surface area contributed by atoms with Gasteiger partial charge in [-0.15, -0.1) is 24.8 Å². The Morgan fingerprint density at radius 1 is 1.17 bits per heavy atom. The summed E-state index contributed by atoms with van der Waals surface area (Å²) in [7, 11) is 1.88. The Morgan fingerprint density at radius 3 is 2.26 bits per heavy atom. The highest BCUT2D eigenvalue weighted by atomic mass is 35.5. The fourth-order valence-electron chi connectivity index (χ4n) is 2.68. The molecule has 1 aliphatic rings. The average molecular weight is 383 g/mol. The van der Waals surface area contributed by atoms with Crippen LogP contribution in [0.3, 0.4) is 0 Å². The van der Waals surface area contributed by atoms with Gasteiger partial charge in [0.25, 0.3) is 0 Å². The van der Waals surface area contributed by atoms with Gasteiger partial charge >= 0.3 is 0 Å². The topological polar surface area (TPSA) is 35.6 Å². The van der Waals surface area contributed by atoms with Gasteiger partial charge in [-0.05, 0) is 24.7 Å². The van der Waals surface area contributed by atoms with Gasteiger partial charge in [-0.3, -0.25) is 9.69 Å². The second-order valence-corrected chi connectivity index (χ2v) is 6.12. The first kappa shape index (κ1) is 22.5. The number of rotatable bonds is 5. The van der Waals surface area contributed by atoms with Crippen molar-refractivity contribution >= 4 is 42.3 Å². The minimum absolute atomic E-state index is 0. The molecule has 1 N–H and O–H groups in total. The lowest BCUT2D eigenvalue weighted by Gasteiger charge is -2.36. The number of amides is 1. The van der Waals surface area contributed by atoms with E-state index in [0.29, 0.717) is 0 Å². The molecule has 23 heavy (non-hydrogen) atoms. The predicted octanol–water partition coefficient (Wildman–Crippen LogP) is 2.68. The van der Waals surface area contributed by atoms with Crippen LogP contribution in [0, 0.1) is 5.92 Å². The summed E-state index contributed by atoms with van der Waals surface area (Å²) in [6.45, 7) is 7.15. The molecule has 2 rings (SSSR count). The van der Waals surface area contributed by atoms with Crippen molar-refractivity contribution in [2.45, 2.75) is 13.5 Å². The van der Waals surface area contributed by atoms with Crippen molar-refractivity contribution in [2.75, 3.05) is 39.8 Å². The van der Waals surface area contributed by atoms with Crippen LogP contribution < -0.4 is 5.32 Å². The van der Waals surface area contributed by atoms with Crippen LogP contribution in [0.2, 0.25) is 5.02 Å². The summed E-state index contributed by atoms with van der Waals surface area (Å²) in [5.41, 5.74) is 1.27. The lowest BCUT2D eigenvalue weighted by Crippen LogP contribution is -2.50. The van der Waals surface area contributed by atoms with E-state index < -0.39 is 0 Å². The standard InChI is InChI=1S/C16H24ClN3O.2ClH/c1-13(11-18-2)16(21)20-9-7-19(8-10-20)12-14-3-5-15(17)6-4-14;;/h3-6,13,18H,7-12H2,1-2H3;2*1H. The molecule has 1 unspecified atom stereocenters. The summed E-state index contributed by atoms with van der Waals surface area (Å²) in [5.74, 6) is 0.313. The van der Waals surface area contributed by atoms with Gasteiger partial charge in [-0.2, -0.15) is 0 Å². The second-order valence-electron chi connectivity index (χ2n) is 5.69. The number of hydrogen-bond donors (Lipinski definition) is 1. The molecule has 7 heteroatoms. The largest absolute Gasteiger partial charge is 0.340 e. The third kappa shape index (κ3) is 6.86. The van der Waals surface area contributed by atoms with Crippen molar-refractivity contribution in [3.05, 3.63) is 34.9 Å². The minimum Gasteiger partial charge on any atom is -0.340 e. The van der Waals surface area contributed by atoms with Gasteiger partial charge in [0.2, 0.25) is 5.91 Å². The quantitative estimate of drug-likeness (QED) is 0.850. The molecular formula is C16H26Cl3N3O. The van der Waals surface area contributed by atoms with Crippen LogP contribution in [0.15, 0.2) is 24.3 Å². The van der Waals surface area contributed by atoms with E-state index in [2.05, 4.69) is 22.3 Å². The summed E-state index contributed by atoms with van der Waals surface area (Å²) in [6.07, 6.45) is 0. The van der Waals surface area contributed by atoms with Crippen LogP contribution in [0.5, 0.6) is 0 Å². The number of carbonyl (C=O) groups is 1. The van der Waals surface area contributed by atoms with Crippen molar-refractivity contribution in [3.63, 3.8) is 0 Å². The van der Waals surface area contributed by atoms with E-state index in [4.69, 9.17) is 11.6 Å². The molecule has 1 fully saturated rings. The summed E-state index contributed by atoms with van der Waals surface area (Å²) < 4.78 is 0. The Kier molecular flexibility index (Phi) is 10.9. The van der Waals surface area contributed by atoms with Crippen molar-refractivity contribution in [3.8, 4) is 0 Å². The number of carbonyl (C=O) groups excluding carboxylic acids is 1. The molecular weight excluding hydrogens is 357 g/mol. The van der Waals surface area contributed by atoms with E-state index in [0.717, 1.165) is 44.3 Å². The molecule has 0 radical (unpaired) electrons. The summed E-state index contributed by atoms with van der Waals surface area (Å²) in [4.78, 5) is 16.6. The van der Waals surface area contributed by atoms with E-state index in [1.54, 1.807) is 0 Å². The third-order valence-electron chi connectivity index (χ3n) is 3.94. The fraction of sp³-hybridized carbons (Fsp3) is 0.562. The molecule has 0 aromatic heterocycles. The highest BCUT2D eigenvalue weighted by Gasteiger charge is 2.24. The lowest BCUT2D eigenvalue weighted by atomic mass is 10.1. The second kappa shape index (κ2) is 11.1. The number of nitrogens with one attached hydrogen (secondary N) is 1. The van der Waals surface area contributed by atoms with Crippen molar-refractivity contribution < 1.29 is 4.79 Å². The van der Waals surface area contributed by atoms with Gasteiger partial charge in [-0.1, -0.05) is 30.7 Å². The molecule has 1 amide bonds. The zero-order valence-electron chi connectivity index (χ0n) is 13.6. The molecule has 4 nitrogen and oxygen atoms in total. The van der Waals surface area contributed by atoms with Crippen LogP contribution >= 0.6 is 36.4 Å². The molecule has 1 aromatic rings. The minimum atomic E-state index is 0. The number of hydrogen-bond acceptors (Lipinski definition) is 3. The van der Waals surface area contributed by atoms with E-state index in [9.17, 15) is 4.79 Å². The summed E-state index contributed by atoms with van der Waals surface area (Å²) in [6, 6.07) is 7.98. The normalized spacial score (nSPS) is 16.2. The van der Waals surface area contributed by atoms with Gasteiger partial charge in [0.05, 0.1) is 0 Å². The number of nitrogens with zero attached hydrogens (tertiary/aromatic N) is 2. The first-order valence-electron chi connectivity index (χ1n) is 7.50. The van der Waals surface area contributed by atoms with Gasteiger partial charge in [0.15, 0.2) is 0 Å². The molecule has 1 aliphatic heterocycles. The summed E-state index contributed by atoms with van der Waals surface area (Å²) >= 11 is 5.90. The Labute approximate surface area is 156 Å². The number of halogens is 3. The molecule has 1 aromatic carbocycles. The van der Waals surface area contributed by atoms with Gasteiger partial charge in [0, 0.05) is 50.2 Å². The van der Waals surface area contributed by atoms with Crippen molar-refractivity contribution in [2.24, 2.45) is 5.92 Å². The maximum absolute atomic E-state index is 12.2. The highest BCUT2D eigenvalue weighted by Crippen LogP contribution is 2.13. The Morgan fingerprint density at radius 2 is 1.74 bits per heavy atom. The Hall–Kier alpha value is -0.520. The lowest BCUT2D eigenvalue weighted by molar-refractivity contribution is -0.136. The zero-order valence-corrected chi connectivity index (χ0v) is 16.0. The maximum atomic E-state index is 12.2. The molecule has 0 bridgehead atoms.